The first-order chi connectivity index (χ1) is 8.63. The fraction of sp³-hybridized carbons (Fsp3) is 0.538. The average Bonchev–Trinajstić information content (AvgIpc) is 2.20. The molecule has 4 nitrogen and oxygen atoms in total. The molecular formula is C13H21ClN2O2S. The molecule has 1 aromatic carbocycles. The van der Waals surface area contributed by atoms with Crippen LogP contribution in [0, 0.1) is 12.8 Å². The number of rotatable bonds is 5. The van der Waals surface area contributed by atoms with E-state index < -0.39 is 10.0 Å². The summed E-state index contributed by atoms with van der Waals surface area (Å²) in [7, 11) is -3.60. The lowest BCUT2D eigenvalue weighted by Gasteiger charge is -2.17. The predicted molar refractivity (Wildman–Crippen MR) is 79.8 cm³/mol. The zero-order valence-electron chi connectivity index (χ0n) is 11.7. The lowest BCUT2D eigenvalue weighted by Crippen LogP contribution is -2.34. The standard InChI is InChI=1S/C13H21ClN2O2S/c1-8(2)5-9(3)16-19(17,18)13-7-11(14)6-12(15)10(13)4/h6-9,16H,5,15H2,1-4H3. The number of nitrogens with one attached hydrogen (secondary N) is 1. The van der Waals surface area contributed by atoms with E-state index in [0.717, 1.165) is 6.42 Å². The number of anilines is 1. The van der Waals surface area contributed by atoms with E-state index in [1.165, 1.54) is 6.07 Å². The number of sulfonamides is 1. The van der Waals surface area contributed by atoms with Gasteiger partial charge in [0.25, 0.3) is 0 Å². The highest BCUT2D eigenvalue weighted by Crippen LogP contribution is 2.26. The van der Waals surface area contributed by atoms with Crippen LogP contribution in [0.2, 0.25) is 5.02 Å². The summed E-state index contributed by atoms with van der Waals surface area (Å²) in [5, 5.41) is 0.319. The van der Waals surface area contributed by atoms with Crippen LogP contribution in [0.5, 0.6) is 0 Å². The molecule has 1 rings (SSSR count). The highest BCUT2D eigenvalue weighted by molar-refractivity contribution is 7.89. The number of benzene rings is 1. The zero-order chi connectivity index (χ0) is 14.8. The van der Waals surface area contributed by atoms with Gasteiger partial charge in [-0.05, 0) is 43.9 Å². The van der Waals surface area contributed by atoms with Crippen molar-refractivity contribution >= 4 is 27.3 Å². The molecule has 0 saturated carbocycles. The maximum Gasteiger partial charge on any atom is 0.241 e. The minimum Gasteiger partial charge on any atom is -0.398 e. The molecular weight excluding hydrogens is 284 g/mol. The molecule has 0 saturated heterocycles. The third-order valence-corrected chi connectivity index (χ3v) is 4.77. The van der Waals surface area contributed by atoms with Crippen molar-refractivity contribution in [3.8, 4) is 0 Å². The van der Waals surface area contributed by atoms with E-state index in [1.54, 1.807) is 13.0 Å². The van der Waals surface area contributed by atoms with Crippen molar-refractivity contribution in [3.05, 3.63) is 22.7 Å². The largest absolute Gasteiger partial charge is 0.398 e. The Labute approximate surface area is 120 Å². The molecule has 0 aliphatic rings. The van der Waals surface area contributed by atoms with Gasteiger partial charge < -0.3 is 5.73 Å². The maximum atomic E-state index is 12.3. The molecule has 0 amide bonds. The molecule has 6 heteroatoms. The van der Waals surface area contributed by atoms with Gasteiger partial charge in [-0.2, -0.15) is 0 Å². The Morgan fingerprint density at radius 2 is 1.89 bits per heavy atom. The summed E-state index contributed by atoms with van der Waals surface area (Å²) in [6, 6.07) is 2.84. The van der Waals surface area contributed by atoms with Crippen molar-refractivity contribution in [3.63, 3.8) is 0 Å². The Balaban J connectivity index is 3.07. The van der Waals surface area contributed by atoms with Crippen molar-refractivity contribution in [2.45, 2.75) is 45.1 Å². The second-order valence-electron chi connectivity index (χ2n) is 5.27. The molecule has 1 unspecified atom stereocenters. The first-order valence-corrected chi connectivity index (χ1v) is 8.07. The quantitative estimate of drug-likeness (QED) is 0.822. The Hall–Kier alpha value is -0.780. The molecule has 0 radical (unpaired) electrons. The van der Waals surface area contributed by atoms with Gasteiger partial charge in [0, 0.05) is 16.8 Å². The first kappa shape index (κ1) is 16.3. The molecule has 0 aromatic heterocycles. The van der Waals surface area contributed by atoms with E-state index in [1.807, 2.05) is 20.8 Å². The minimum absolute atomic E-state index is 0.135. The smallest absolute Gasteiger partial charge is 0.241 e. The van der Waals surface area contributed by atoms with E-state index in [4.69, 9.17) is 17.3 Å². The van der Waals surface area contributed by atoms with Crippen LogP contribution >= 0.6 is 11.6 Å². The molecule has 1 aromatic rings. The van der Waals surface area contributed by atoms with Gasteiger partial charge in [-0.15, -0.1) is 0 Å². The number of hydrogen-bond acceptors (Lipinski definition) is 3. The van der Waals surface area contributed by atoms with E-state index >= 15 is 0 Å². The van der Waals surface area contributed by atoms with E-state index in [9.17, 15) is 8.42 Å². The highest BCUT2D eigenvalue weighted by Gasteiger charge is 2.21. The van der Waals surface area contributed by atoms with Crippen molar-refractivity contribution < 1.29 is 8.42 Å². The maximum absolute atomic E-state index is 12.3. The predicted octanol–water partition coefficient (Wildman–Crippen LogP) is 2.94. The molecule has 3 N–H and O–H groups in total. The summed E-state index contributed by atoms with van der Waals surface area (Å²) in [5.74, 6) is 0.420. The SMILES string of the molecule is Cc1c(N)cc(Cl)cc1S(=O)(=O)NC(C)CC(C)C. The lowest BCUT2D eigenvalue weighted by molar-refractivity contribution is 0.482. The van der Waals surface area contributed by atoms with Crippen LogP contribution in [-0.2, 0) is 10.0 Å². The second kappa shape index (κ2) is 6.11. The van der Waals surface area contributed by atoms with Gasteiger partial charge in [-0.3, -0.25) is 0 Å². The average molecular weight is 305 g/mol. The van der Waals surface area contributed by atoms with Crippen LogP contribution in [-0.4, -0.2) is 14.5 Å². The third kappa shape index (κ3) is 4.37. The van der Waals surface area contributed by atoms with Crippen LogP contribution < -0.4 is 10.5 Å². The van der Waals surface area contributed by atoms with Gasteiger partial charge >= 0.3 is 0 Å². The number of halogens is 1. The first-order valence-electron chi connectivity index (χ1n) is 6.21. The summed E-state index contributed by atoms with van der Waals surface area (Å²) in [4.78, 5) is 0.146. The Kier molecular flexibility index (Phi) is 5.24. The van der Waals surface area contributed by atoms with Crippen LogP contribution in [0.3, 0.4) is 0 Å². The molecule has 19 heavy (non-hydrogen) atoms. The summed E-state index contributed by atoms with van der Waals surface area (Å²) in [5.41, 5.74) is 6.65. The Bertz CT molecular complexity index is 556. The second-order valence-corrected chi connectivity index (χ2v) is 7.39. The molecule has 0 bridgehead atoms. The van der Waals surface area contributed by atoms with Crippen molar-refractivity contribution in [1.29, 1.82) is 0 Å². The molecule has 1 atom stereocenters. The van der Waals surface area contributed by atoms with Gasteiger partial charge in [-0.1, -0.05) is 25.4 Å². The van der Waals surface area contributed by atoms with E-state index in [2.05, 4.69) is 4.72 Å². The van der Waals surface area contributed by atoms with Gasteiger partial charge in [0.1, 0.15) is 0 Å². The lowest BCUT2D eigenvalue weighted by atomic mass is 10.1. The monoisotopic (exact) mass is 304 g/mol. The fourth-order valence-electron chi connectivity index (χ4n) is 2.04. The van der Waals surface area contributed by atoms with Crippen molar-refractivity contribution in [2.75, 3.05) is 5.73 Å². The molecule has 0 aliphatic carbocycles. The molecule has 0 heterocycles. The van der Waals surface area contributed by atoms with E-state index in [0.29, 0.717) is 22.2 Å². The Morgan fingerprint density at radius 3 is 2.42 bits per heavy atom. The minimum atomic E-state index is -3.60. The van der Waals surface area contributed by atoms with Gasteiger partial charge in [0.15, 0.2) is 0 Å². The number of nitrogens with two attached hydrogens (primary N) is 1. The zero-order valence-corrected chi connectivity index (χ0v) is 13.3. The highest BCUT2D eigenvalue weighted by atomic mass is 35.5. The van der Waals surface area contributed by atoms with Crippen LogP contribution in [0.15, 0.2) is 17.0 Å². The molecule has 0 fully saturated rings. The van der Waals surface area contributed by atoms with Crippen molar-refractivity contribution in [2.24, 2.45) is 5.92 Å². The van der Waals surface area contributed by atoms with Crippen LogP contribution in [0.1, 0.15) is 32.8 Å². The molecule has 0 spiro atoms. The van der Waals surface area contributed by atoms with Crippen LogP contribution in [0.25, 0.3) is 0 Å². The van der Waals surface area contributed by atoms with Crippen molar-refractivity contribution in [1.82, 2.24) is 4.72 Å². The van der Waals surface area contributed by atoms with Gasteiger partial charge in [0.2, 0.25) is 10.0 Å². The van der Waals surface area contributed by atoms with Crippen LogP contribution in [0.4, 0.5) is 5.69 Å². The summed E-state index contributed by atoms with van der Waals surface area (Å²) in [6.07, 6.45) is 0.772. The normalized spacial score (nSPS) is 13.8. The number of nitrogen functional groups attached to an aromatic ring is 1. The summed E-state index contributed by atoms with van der Waals surface area (Å²) < 4.78 is 27.3. The third-order valence-electron chi connectivity index (χ3n) is 2.84. The van der Waals surface area contributed by atoms with Gasteiger partial charge in [0.05, 0.1) is 4.90 Å². The fourth-order valence-corrected chi connectivity index (χ4v) is 3.88. The Morgan fingerprint density at radius 1 is 1.32 bits per heavy atom. The van der Waals surface area contributed by atoms with Gasteiger partial charge in [-0.25, -0.2) is 13.1 Å². The topological polar surface area (TPSA) is 72.2 Å². The summed E-state index contributed by atoms with van der Waals surface area (Å²) in [6.45, 7) is 7.62. The molecule has 0 aliphatic heterocycles. The number of hydrogen-bond donors (Lipinski definition) is 2. The van der Waals surface area contributed by atoms with E-state index in [-0.39, 0.29) is 10.9 Å². The summed E-state index contributed by atoms with van der Waals surface area (Å²) >= 11 is 5.88. The molecule has 108 valence electrons.